The van der Waals surface area contributed by atoms with E-state index in [-0.39, 0.29) is 11.9 Å². The summed E-state index contributed by atoms with van der Waals surface area (Å²) >= 11 is 0. The summed E-state index contributed by atoms with van der Waals surface area (Å²) in [5.41, 5.74) is 0.334. The number of hydrogen-bond acceptors (Lipinski definition) is 2. The SMILES string of the molecule is CCC(C)(C)C1C2CC(CC2C(=O)OC)C1C(C)C. The second-order valence-electron chi connectivity index (χ2n) is 7.71. The van der Waals surface area contributed by atoms with Gasteiger partial charge in [-0.05, 0) is 47.8 Å². The van der Waals surface area contributed by atoms with Gasteiger partial charge < -0.3 is 4.74 Å². The molecule has 2 aliphatic carbocycles. The minimum Gasteiger partial charge on any atom is -0.469 e. The maximum Gasteiger partial charge on any atom is 0.308 e. The maximum absolute atomic E-state index is 12.0. The van der Waals surface area contributed by atoms with E-state index in [0.29, 0.717) is 17.3 Å². The summed E-state index contributed by atoms with van der Waals surface area (Å²) in [6, 6.07) is 0. The van der Waals surface area contributed by atoms with Gasteiger partial charge in [-0.15, -0.1) is 0 Å². The first-order valence-electron chi connectivity index (χ1n) is 7.91. The molecule has 2 aliphatic rings. The number of methoxy groups -OCH3 is 1. The molecule has 0 saturated heterocycles. The van der Waals surface area contributed by atoms with Crippen molar-refractivity contribution in [2.75, 3.05) is 7.11 Å². The molecule has 0 N–H and O–H groups in total. The van der Waals surface area contributed by atoms with E-state index in [2.05, 4.69) is 34.6 Å². The van der Waals surface area contributed by atoms with Crippen LogP contribution in [0, 0.1) is 40.9 Å². The van der Waals surface area contributed by atoms with Crippen molar-refractivity contribution in [2.24, 2.45) is 40.9 Å². The standard InChI is InChI=1S/C17H30O2/c1-7-17(4,5)15-12-8-11(14(15)10(2)3)9-13(12)16(18)19-6/h10-15H,7-9H2,1-6H3. The minimum atomic E-state index is 0.0339. The molecule has 0 aromatic heterocycles. The van der Waals surface area contributed by atoms with E-state index in [1.165, 1.54) is 20.0 Å². The summed E-state index contributed by atoms with van der Waals surface area (Å²) in [5.74, 6) is 3.70. The van der Waals surface area contributed by atoms with E-state index in [1.54, 1.807) is 0 Å². The van der Waals surface area contributed by atoms with Crippen molar-refractivity contribution in [3.63, 3.8) is 0 Å². The van der Waals surface area contributed by atoms with Gasteiger partial charge in [0.2, 0.25) is 0 Å². The van der Waals surface area contributed by atoms with Crippen LogP contribution in [0.1, 0.15) is 53.9 Å². The third kappa shape index (κ3) is 2.32. The van der Waals surface area contributed by atoms with Crippen LogP contribution in [0.15, 0.2) is 0 Å². The molecule has 2 fully saturated rings. The highest BCUT2D eigenvalue weighted by Gasteiger charge is 2.58. The van der Waals surface area contributed by atoms with Crippen LogP contribution in [0.25, 0.3) is 0 Å². The van der Waals surface area contributed by atoms with Gasteiger partial charge in [-0.25, -0.2) is 0 Å². The zero-order valence-corrected chi connectivity index (χ0v) is 13.4. The lowest BCUT2D eigenvalue weighted by Crippen LogP contribution is -2.42. The summed E-state index contributed by atoms with van der Waals surface area (Å²) in [7, 11) is 1.54. The summed E-state index contributed by atoms with van der Waals surface area (Å²) in [4.78, 5) is 12.0. The summed E-state index contributed by atoms with van der Waals surface area (Å²) in [6.07, 6.45) is 3.51. The number of ether oxygens (including phenoxy) is 1. The first kappa shape index (κ1) is 14.9. The van der Waals surface area contributed by atoms with Crippen LogP contribution in [0.2, 0.25) is 0 Å². The molecule has 0 radical (unpaired) electrons. The van der Waals surface area contributed by atoms with Crippen molar-refractivity contribution in [3.8, 4) is 0 Å². The number of esters is 1. The minimum absolute atomic E-state index is 0.0339. The number of carbonyl (C=O) groups is 1. The molecule has 2 saturated carbocycles. The average Bonchev–Trinajstić information content (AvgIpc) is 2.95. The van der Waals surface area contributed by atoms with Crippen molar-refractivity contribution in [1.82, 2.24) is 0 Å². The Balaban J connectivity index is 2.29. The molecule has 0 heterocycles. The van der Waals surface area contributed by atoms with Crippen molar-refractivity contribution >= 4 is 5.97 Å². The van der Waals surface area contributed by atoms with E-state index >= 15 is 0 Å². The summed E-state index contributed by atoms with van der Waals surface area (Å²) < 4.78 is 5.04. The highest BCUT2D eigenvalue weighted by molar-refractivity contribution is 5.73. The molecule has 2 nitrogen and oxygen atoms in total. The Morgan fingerprint density at radius 2 is 1.95 bits per heavy atom. The Morgan fingerprint density at radius 1 is 1.32 bits per heavy atom. The second-order valence-corrected chi connectivity index (χ2v) is 7.71. The fourth-order valence-corrected chi connectivity index (χ4v) is 5.12. The predicted octanol–water partition coefficient (Wildman–Crippen LogP) is 4.14. The second kappa shape index (κ2) is 5.10. The first-order chi connectivity index (χ1) is 8.83. The van der Waals surface area contributed by atoms with Gasteiger partial charge in [0.05, 0.1) is 13.0 Å². The average molecular weight is 266 g/mol. The van der Waals surface area contributed by atoms with E-state index < -0.39 is 0 Å². The van der Waals surface area contributed by atoms with Crippen LogP contribution in [-0.2, 0) is 9.53 Å². The number of rotatable bonds is 4. The monoisotopic (exact) mass is 266 g/mol. The van der Waals surface area contributed by atoms with Crippen LogP contribution < -0.4 is 0 Å². The highest BCUT2D eigenvalue weighted by Crippen LogP contribution is 2.63. The third-order valence-electron chi connectivity index (χ3n) is 6.16. The normalized spacial score (nSPS) is 37.9. The van der Waals surface area contributed by atoms with Crippen LogP contribution in [0.5, 0.6) is 0 Å². The quantitative estimate of drug-likeness (QED) is 0.715. The third-order valence-corrected chi connectivity index (χ3v) is 6.16. The molecule has 0 aromatic rings. The lowest BCUT2D eigenvalue weighted by atomic mass is 9.59. The molecule has 0 aromatic carbocycles. The largest absolute Gasteiger partial charge is 0.469 e. The summed E-state index contributed by atoms with van der Waals surface area (Å²) in [5, 5.41) is 0. The van der Waals surface area contributed by atoms with E-state index in [4.69, 9.17) is 4.74 Å². The van der Waals surface area contributed by atoms with Gasteiger partial charge in [0.25, 0.3) is 0 Å². The molecule has 19 heavy (non-hydrogen) atoms. The molecule has 0 aliphatic heterocycles. The summed E-state index contributed by atoms with van der Waals surface area (Å²) in [6.45, 7) is 11.8. The lowest BCUT2D eigenvalue weighted by Gasteiger charge is -2.45. The Labute approximate surface area is 118 Å². The molecule has 0 spiro atoms. The molecule has 2 heteroatoms. The van der Waals surface area contributed by atoms with E-state index in [0.717, 1.165) is 24.2 Å². The molecule has 110 valence electrons. The molecular formula is C17H30O2. The zero-order chi connectivity index (χ0) is 14.4. The van der Waals surface area contributed by atoms with Gasteiger partial charge in [-0.1, -0.05) is 41.0 Å². The van der Waals surface area contributed by atoms with Gasteiger partial charge in [-0.2, -0.15) is 0 Å². The van der Waals surface area contributed by atoms with Crippen LogP contribution >= 0.6 is 0 Å². The number of hydrogen-bond donors (Lipinski definition) is 0. The zero-order valence-electron chi connectivity index (χ0n) is 13.4. The van der Waals surface area contributed by atoms with Gasteiger partial charge in [-0.3, -0.25) is 4.79 Å². The highest BCUT2D eigenvalue weighted by atomic mass is 16.5. The number of carbonyl (C=O) groups excluding carboxylic acids is 1. The topological polar surface area (TPSA) is 26.3 Å². The van der Waals surface area contributed by atoms with Crippen molar-refractivity contribution in [1.29, 1.82) is 0 Å². The van der Waals surface area contributed by atoms with Gasteiger partial charge in [0.15, 0.2) is 0 Å². The van der Waals surface area contributed by atoms with Gasteiger partial charge in [0, 0.05) is 0 Å². The Kier molecular flexibility index (Phi) is 3.99. The van der Waals surface area contributed by atoms with Crippen molar-refractivity contribution < 1.29 is 9.53 Å². The fraction of sp³-hybridized carbons (Fsp3) is 0.941. The first-order valence-corrected chi connectivity index (χ1v) is 7.91. The fourth-order valence-electron chi connectivity index (χ4n) is 5.12. The smallest absolute Gasteiger partial charge is 0.308 e. The maximum atomic E-state index is 12.0. The van der Waals surface area contributed by atoms with Crippen LogP contribution in [-0.4, -0.2) is 13.1 Å². The Morgan fingerprint density at radius 3 is 2.42 bits per heavy atom. The molecular weight excluding hydrogens is 236 g/mol. The Bertz CT molecular complexity index is 345. The molecule has 5 unspecified atom stereocenters. The van der Waals surface area contributed by atoms with Crippen molar-refractivity contribution in [2.45, 2.75) is 53.9 Å². The number of fused-ring (bicyclic) bond motifs is 2. The molecule has 2 rings (SSSR count). The van der Waals surface area contributed by atoms with Crippen molar-refractivity contribution in [3.05, 3.63) is 0 Å². The lowest BCUT2D eigenvalue weighted by molar-refractivity contribution is -0.150. The van der Waals surface area contributed by atoms with E-state index in [9.17, 15) is 4.79 Å². The molecule has 5 atom stereocenters. The Hall–Kier alpha value is -0.530. The van der Waals surface area contributed by atoms with Crippen LogP contribution in [0.3, 0.4) is 0 Å². The molecule has 2 bridgehead atoms. The van der Waals surface area contributed by atoms with Gasteiger partial charge >= 0.3 is 5.97 Å². The predicted molar refractivity (Wildman–Crippen MR) is 77.6 cm³/mol. The van der Waals surface area contributed by atoms with E-state index in [1.807, 2.05) is 0 Å². The van der Waals surface area contributed by atoms with Gasteiger partial charge in [0.1, 0.15) is 0 Å². The van der Waals surface area contributed by atoms with Crippen LogP contribution in [0.4, 0.5) is 0 Å². The molecule has 0 amide bonds.